The van der Waals surface area contributed by atoms with Gasteiger partial charge in [0, 0.05) is 11.5 Å². The molecule has 2 rings (SSSR count). The van der Waals surface area contributed by atoms with Gasteiger partial charge in [-0.15, -0.1) is 0 Å². The Hall–Kier alpha value is -1.31. The number of methoxy groups -OCH3 is 1. The number of rotatable bonds is 1. The van der Waals surface area contributed by atoms with E-state index in [4.69, 9.17) is 4.74 Å². The summed E-state index contributed by atoms with van der Waals surface area (Å²) in [4.78, 5) is 0. The topological polar surface area (TPSA) is 23.3 Å². The van der Waals surface area contributed by atoms with Crippen LogP contribution < -0.4 is 4.67 Å². The van der Waals surface area contributed by atoms with Crippen molar-refractivity contribution in [2.75, 3.05) is 7.11 Å². The third-order valence-electron chi connectivity index (χ3n) is 1.64. The van der Waals surface area contributed by atoms with Crippen molar-refractivity contribution in [3.63, 3.8) is 0 Å². The molecular formula is C9H8NOS+. The summed E-state index contributed by atoms with van der Waals surface area (Å²) in [5.41, 5.74) is 2.14. The molecule has 0 spiro atoms. The SMILES string of the molecule is COC1=[N+]=C(c2ccsc2)C=C1. The van der Waals surface area contributed by atoms with Crippen molar-refractivity contribution in [2.24, 2.45) is 0 Å². The number of thiophene rings is 1. The Morgan fingerprint density at radius 2 is 2.33 bits per heavy atom. The first-order valence-corrected chi connectivity index (χ1v) is 4.55. The zero-order valence-electron chi connectivity index (χ0n) is 6.65. The Balaban J connectivity index is 2.40. The highest BCUT2D eigenvalue weighted by Gasteiger charge is 2.19. The average molecular weight is 178 g/mol. The average Bonchev–Trinajstić information content (AvgIpc) is 2.75. The second kappa shape index (κ2) is 2.97. The first-order chi connectivity index (χ1) is 5.90. The number of hydrogen-bond donors (Lipinski definition) is 0. The predicted octanol–water partition coefficient (Wildman–Crippen LogP) is 1.22. The van der Waals surface area contributed by atoms with Gasteiger partial charge in [0.15, 0.2) is 0 Å². The monoisotopic (exact) mass is 178 g/mol. The molecule has 0 saturated heterocycles. The van der Waals surface area contributed by atoms with Gasteiger partial charge in [-0.1, -0.05) is 0 Å². The Labute approximate surface area is 74.6 Å². The maximum atomic E-state index is 4.99. The molecule has 1 aliphatic rings. The summed E-state index contributed by atoms with van der Waals surface area (Å²) >= 11 is 1.67. The van der Waals surface area contributed by atoms with Crippen molar-refractivity contribution < 1.29 is 4.74 Å². The molecule has 1 aromatic heterocycles. The maximum absolute atomic E-state index is 4.99. The second-order valence-electron chi connectivity index (χ2n) is 2.38. The highest BCUT2D eigenvalue weighted by Crippen LogP contribution is 2.07. The lowest BCUT2D eigenvalue weighted by molar-refractivity contribution is 0.407. The van der Waals surface area contributed by atoms with E-state index in [1.54, 1.807) is 18.4 Å². The Morgan fingerprint density at radius 1 is 1.42 bits per heavy atom. The van der Waals surface area contributed by atoms with E-state index < -0.39 is 0 Å². The molecule has 0 bridgehead atoms. The van der Waals surface area contributed by atoms with Crippen LogP contribution in [0.1, 0.15) is 5.56 Å². The number of allylic oxidation sites excluding steroid dienone is 1. The van der Waals surface area contributed by atoms with E-state index in [-0.39, 0.29) is 0 Å². The predicted molar refractivity (Wildman–Crippen MR) is 51.7 cm³/mol. The van der Waals surface area contributed by atoms with E-state index in [0.29, 0.717) is 5.90 Å². The van der Waals surface area contributed by atoms with Gasteiger partial charge in [-0.25, -0.2) is 0 Å². The van der Waals surface area contributed by atoms with Gasteiger partial charge >= 0.3 is 11.6 Å². The normalized spacial score (nSPS) is 14.4. The van der Waals surface area contributed by atoms with Crippen LogP contribution in [0.5, 0.6) is 0 Å². The molecule has 0 aliphatic carbocycles. The van der Waals surface area contributed by atoms with E-state index in [1.807, 2.05) is 23.6 Å². The lowest BCUT2D eigenvalue weighted by Crippen LogP contribution is -2.00. The van der Waals surface area contributed by atoms with Crippen LogP contribution in [0.25, 0.3) is 0 Å². The molecule has 2 nitrogen and oxygen atoms in total. The molecule has 0 aromatic carbocycles. The molecule has 1 aromatic rings. The number of hydrogen-bond acceptors (Lipinski definition) is 2. The highest BCUT2D eigenvalue weighted by molar-refractivity contribution is 7.08. The first kappa shape index (κ1) is 7.35. The van der Waals surface area contributed by atoms with Gasteiger partial charge in [0.05, 0.1) is 18.7 Å². The van der Waals surface area contributed by atoms with Gasteiger partial charge in [-0.3, -0.25) is 0 Å². The smallest absolute Gasteiger partial charge is 0.435 e. The van der Waals surface area contributed by atoms with Gasteiger partial charge in [0.2, 0.25) is 0 Å². The molecule has 12 heavy (non-hydrogen) atoms. The summed E-state index contributed by atoms with van der Waals surface area (Å²) in [6.07, 6.45) is 3.83. The van der Waals surface area contributed by atoms with E-state index in [9.17, 15) is 0 Å². The molecule has 1 aliphatic heterocycles. The van der Waals surface area contributed by atoms with E-state index in [2.05, 4.69) is 10.0 Å². The third-order valence-corrected chi connectivity index (χ3v) is 2.32. The third kappa shape index (κ3) is 1.20. The minimum atomic E-state index is 0.677. The fourth-order valence-corrected chi connectivity index (χ4v) is 1.68. The van der Waals surface area contributed by atoms with Crippen molar-refractivity contribution in [1.29, 1.82) is 0 Å². The first-order valence-electron chi connectivity index (χ1n) is 3.60. The van der Waals surface area contributed by atoms with Gasteiger partial charge in [-0.2, -0.15) is 11.3 Å². The van der Waals surface area contributed by atoms with Gasteiger partial charge in [0.1, 0.15) is 0 Å². The molecule has 0 fully saturated rings. The standard InChI is InChI=1S/C9H8NOS/c1-11-9-3-2-8(10-9)7-4-5-12-6-7/h2-6H,1H3/q+1. The fraction of sp³-hybridized carbons (Fsp3) is 0.111. The van der Waals surface area contributed by atoms with Crippen molar-refractivity contribution in [2.45, 2.75) is 0 Å². The van der Waals surface area contributed by atoms with Crippen LogP contribution in [-0.2, 0) is 4.74 Å². The summed E-state index contributed by atoms with van der Waals surface area (Å²) < 4.78 is 9.24. The zero-order valence-corrected chi connectivity index (χ0v) is 7.47. The molecule has 0 saturated carbocycles. The quantitative estimate of drug-likeness (QED) is 0.593. The molecule has 60 valence electrons. The molecule has 0 amide bonds. The van der Waals surface area contributed by atoms with Crippen LogP contribution in [-0.4, -0.2) is 18.7 Å². The van der Waals surface area contributed by atoms with Crippen LogP contribution >= 0.6 is 11.3 Å². The van der Waals surface area contributed by atoms with Crippen LogP contribution in [0.15, 0.2) is 29.0 Å². The van der Waals surface area contributed by atoms with Crippen molar-refractivity contribution in [3.8, 4) is 0 Å². The van der Waals surface area contributed by atoms with Crippen LogP contribution in [0.2, 0.25) is 0 Å². The lowest BCUT2D eigenvalue weighted by atomic mass is 10.2. The van der Waals surface area contributed by atoms with E-state index in [1.165, 1.54) is 0 Å². The second-order valence-corrected chi connectivity index (χ2v) is 3.16. The fourth-order valence-electron chi connectivity index (χ4n) is 1.03. The molecule has 0 unspecified atom stereocenters. The van der Waals surface area contributed by atoms with Crippen LogP contribution in [0.4, 0.5) is 0 Å². The number of nitrogens with zero attached hydrogens (tertiary/aromatic N) is 1. The van der Waals surface area contributed by atoms with Crippen molar-refractivity contribution in [1.82, 2.24) is 4.67 Å². The summed E-state index contributed by atoms with van der Waals surface area (Å²) in [6, 6.07) is 2.05. The van der Waals surface area contributed by atoms with Crippen molar-refractivity contribution >= 4 is 22.9 Å². The molecule has 0 N–H and O–H groups in total. The number of ether oxygens (including phenoxy) is 1. The molecule has 2 heterocycles. The maximum Gasteiger partial charge on any atom is 0.488 e. The van der Waals surface area contributed by atoms with Crippen LogP contribution in [0.3, 0.4) is 0 Å². The minimum Gasteiger partial charge on any atom is -0.435 e. The zero-order chi connectivity index (χ0) is 8.39. The summed E-state index contributed by atoms with van der Waals surface area (Å²) in [5.74, 6) is 0.677. The summed E-state index contributed by atoms with van der Waals surface area (Å²) in [7, 11) is 1.62. The molecular weight excluding hydrogens is 170 g/mol. The van der Waals surface area contributed by atoms with Gasteiger partial charge in [-0.05, 0) is 16.1 Å². The van der Waals surface area contributed by atoms with Crippen molar-refractivity contribution in [3.05, 3.63) is 34.5 Å². The summed E-state index contributed by atoms with van der Waals surface area (Å²) in [5, 5.41) is 4.11. The Bertz CT molecular complexity index is 369. The largest absolute Gasteiger partial charge is 0.488 e. The highest BCUT2D eigenvalue weighted by atomic mass is 32.1. The lowest BCUT2D eigenvalue weighted by Gasteiger charge is -1.75. The molecule has 0 atom stereocenters. The molecule has 3 heteroatoms. The van der Waals surface area contributed by atoms with Gasteiger partial charge in [0.25, 0.3) is 0 Å². The Morgan fingerprint density at radius 3 is 2.92 bits per heavy atom. The summed E-state index contributed by atoms with van der Waals surface area (Å²) in [6.45, 7) is 0. The molecule has 0 radical (unpaired) electrons. The van der Waals surface area contributed by atoms with Gasteiger partial charge < -0.3 is 4.74 Å². The van der Waals surface area contributed by atoms with E-state index in [0.717, 1.165) is 11.3 Å². The van der Waals surface area contributed by atoms with Crippen LogP contribution in [0, 0.1) is 0 Å². The van der Waals surface area contributed by atoms with E-state index >= 15 is 0 Å². The Kier molecular flexibility index (Phi) is 1.82. The minimum absolute atomic E-state index is 0.677.